The van der Waals surface area contributed by atoms with Crippen LogP contribution in [-0.4, -0.2) is 23.1 Å². The minimum absolute atomic E-state index is 0.0758. The fourth-order valence-electron chi connectivity index (χ4n) is 2.69. The molecule has 0 bridgehead atoms. The number of halogens is 1. The van der Waals surface area contributed by atoms with Crippen molar-refractivity contribution >= 4 is 20.6 Å². The molecule has 0 saturated heterocycles. The molecular weight excluding hydrogens is 295 g/mol. The highest BCUT2D eigenvalue weighted by atomic mass is 32.3. The van der Waals surface area contributed by atoms with E-state index in [9.17, 15) is 4.39 Å². The van der Waals surface area contributed by atoms with Crippen LogP contribution < -0.4 is 0 Å². The van der Waals surface area contributed by atoms with Crippen LogP contribution in [0.2, 0.25) is 0 Å². The summed E-state index contributed by atoms with van der Waals surface area (Å²) in [4.78, 5) is 0. The van der Waals surface area contributed by atoms with Crippen LogP contribution in [0.3, 0.4) is 0 Å². The van der Waals surface area contributed by atoms with Crippen molar-refractivity contribution in [2.24, 2.45) is 10.2 Å². The maximum atomic E-state index is 14.5. The van der Waals surface area contributed by atoms with Crippen molar-refractivity contribution in [2.45, 2.75) is 12.8 Å². The smallest absolute Gasteiger partial charge is 0.131 e. The lowest BCUT2D eigenvalue weighted by Crippen LogP contribution is -2.15. The van der Waals surface area contributed by atoms with Gasteiger partial charge in [-0.05, 0) is 29.7 Å². The molecule has 1 aliphatic rings. The molecule has 0 aliphatic carbocycles. The molecule has 114 valence electrons. The van der Waals surface area contributed by atoms with Crippen molar-refractivity contribution < 1.29 is 4.39 Å². The van der Waals surface area contributed by atoms with Gasteiger partial charge in [0.1, 0.15) is 5.82 Å². The Hall–Kier alpha value is -1.94. The molecule has 0 amide bonds. The molecule has 2 nitrogen and oxygen atoms in total. The predicted octanol–water partition coefficient (Wildman–Crippen LogP) is 5.02. The molecule has 1 atom stereocenters. The van der Waals surface area contributed by atoms with Gasteiger partial charge in [-0.3, -0.25) is 0 Å². The van der Waals surface area contributed by atoms with Crippen LogP contribution in [0.4, 0.5) is 4.39 Å². The Morgan fingerprint density at radius 3 is 2.36 bits per heavy atom. The van der Waals surface area contributed by atoms with Crippen LogP contribution in [0.1, 0.15) is 18.4 Å². The van der Waals surface area contributed by atoms with E-state index in [0.29, 0.717) is 5.56 Å². The van der Waals surface area contributed by atoms with Crippen molar-refractivity contribution in [3.63, 3.8) is 0 Å². The molecule has 0 spiro atoms. The summed E-state index contributed by atoms with van der Waals surface area (Å²) in [6, 6.07) is 15.1. The number of nitrogens with zero attached hydrogens (tertiary/aromatic N) is 2. The SMILES string of the molecule is CC(C1=NN=CS1(C)C)c1ccc(-c2ccccc2)c(F)c1. The average Bonchev–Trinajstić information content (AvgIpc) is 2.86. The van der Waals surface area contributed by atoms with Crippen molar-refractivity contribution in [1.82, 2.24) is 0 Å². The standard InChI is InChI=1S/C18H19FN2S/c1-13(18-21-20-12-22(18,2)3)15-9-10-16(17(19)11-15)14-7-5-4-6-8-14/h4-13H,1-3H3. The zero-order valence-electron chi connectivity index (χ0n) is 13.0. The molecule has 0 N–H and O–H groups in total. The minimum Gasteiger partial charge on any atom is -0.206 e. The van der Waals surface area contributed by atoms with E-state index in [1.165, 1.54) is 0 Å². The quantitative estimate of drug-likeness (QED) is 0.760. The first-order chi connectivity index (χ1) is 10.5. The molecule has 0 radical (unpaired) electrons. The number of benzene rings is 2. The summed E-state index contributed by atoms with van der Waals surface area (Å²) in [5.41, 5.74) is 4.40. The Morgan fingerprint density at radius 2 is 1.77 bits per heavy atom. The van der Waals surface area contributed by atoms with Gasteiger partial charge in [-0.25, -0.2) is 4.39 Å². The predicted molar refractivity (Wildman–Crippen MR) is 95.6 cm³/mol. The van der Waals surface area contributed by atoms with Crippen LogP contribution in [0.15, 0.2) is 58.7 Å². The summed E-state index contributed by atoms with van der Waals surface area (Å²) in [6.07, 6.45) is 4.32. The maximum absolute atomic E-state index is 14.5. The topological polar surface area (TPSA) is 24.7 Å². The lowest BCUT2D eigenvalue weighted by Gasteiger charge is -2.27. The summed E-state index contributed by atoms with van der Waals surface area (Å²) in [5.74, 6) is -0.116. The fourth-order valence-corrected chi connectivity index (χ4v) is 4.39. The minimum atomic E-state index is -1.07. The number of hydrogen-bond acceptors (Lipinski definition) is 2. The molecule has 2 aromatic rings. The highest BCUT2D eigenvalue weighted by Crippen LogP contribution is 2.47. The number of hydrogen-bond donors (Lipinski definition) is 0. The second kappa shape index (κ2) is 5.69. The molecule has 0 fully saturated rings. The Kier molecular flexibility index (Phi) is 3.87. The van der Waals surface area contributed by atoms with E-state index in [1.54, 1.807) is 6.07 Å². The van der Waals surface area contributed by atoms with Crippen molar-refractivity contribution in [3.8, 4) is 11.1 Å². The number of rotatable bonds is 3. The highest BCUT2D eigenvalue weighted by molar-refractivity contribution is 8.54. The second-order valence-electron chi connectivity index (χ2n) is 5.89. The molecule has 3 rings (SSSR count). The first-order valence-corrected chi connectivity index (χ1v) is 9.69. The van der Waals surface area contributed by atoms with Crippen molar-refractivity contribution in [2.75, 3.05) is 12.5 Å². The second-order valence-corrected chi connectivity index (χ2v) is 9.33. The zero-order chi connectivity index (χ0) is 15.7. The van der Waals surface area contributed by atoms with Gasteiger partial charge in [0, 0.05) is 11.5 Å². The van der Waals surface area contributed by atoms with Crippen LogP contribution in [-0.2, 0) is 0 Å². The maximum Gasteiger partial charge on any atom is 0.131 e. The van der Waals surface area contributed by atoms with Crippen LogP contribution in [0, 0.1) is 5.82 Å². The summed E-state index contributed by atoms with van der Waals surface area (Å²) in [7, 11) is -1.07. The molecule has 1 aliphatic heterocycles. The zero-order valence-corrected chi connectivity index (χ0v) is 13.8. The summed E-state index contributed by atoms with van der Waals surface area (Å²) in [5, 5.41) is 9.39. The monoisotopic (exact) mass is 314 g/mol. The first-order valence-electron chi connectivity index (χ1n) is 7.18. The lowest BCUT2D eigenvalue weighted by molar-refractivity contribution is 0.628. The van der Waals surface area contributed by atoms with E-state index in [-0.39, 0.29) is 11.7 Å². The van der Waals surface area contributed by atoms with E-state index in [0.717, 1.165) is 16.2 Å². The van der Waals surface area contributed by atoms with E-state index >= 15 is 0 Å². The van der Waals surface area contributed by atoms with E-state index < -0.39 is 10.0 Å². The Morgan fingerprint density at radius 1 is 1.05 bits per heavy atom. The van der Waals surface area contributed by atoms with Crippen molar-refractivity contribution in [3.05, 3.63) is 59.9 Å². The van der Waals surface area contributed by atoms with Crippen LogP contribution in [0.5, 0.6) is 0 Å². The highest BCUT2D eigenvalue weighted by Gasteiger charge is 2.28. The van der Waals surface area contributed by atoms with Gasteiger partial charge in [0.25, 0.3) is 0 Å². The normalized spacial score (nSPS) is 18.8. The fraction of sp³-hybridized carbons (Fsp3) is 0.222. The Bertz CT molecular complexity index is 751. The first kappa shape index (κ1) is 15.0. The molecule has 0 saturated carbocycles. The van der Waals surface area contributed by atoms with E-state index in [4.69, 9.17) is 0 Å². The van der Waals surface area contributed by atoms with Gasteiger partial charge in [-0.15, -0.1) is 5.10 Å². The molecule has 22 heavy (non-hydrogen) atoms. The van der Waals surface area contributed by atoms with Gasteiger partial charge in [0.05, 0.1) is 10.6 Å². The molecule has 4 heteroatoms. The summed E-state index contributed by atoms with van der Waals surface area (Å²) < 4.78 is 14.5. The van der Waals surface area contributed by atoms with Gasteiger partial charge in [-0.2, -0.15) is 15.1 Å². The molecule has 2 aromatic carbocycles. The largest absolute Gasteiger partial charge is 0.206 e. The Balaban J connectivity index is 1.93. The van der Waals surface area contributed by atoms with Gasteiger partial charge >= 0.3 is 0 Å². The third-order valence-electron chi connectivity index (χ3n) is 3.95. The molecular formula is C18H19FN2S. The third-order valence-corrected chi connectivity index (χ3v) is 6.09. The van der Waals surface area contributed by atoms with Gasteiger partial charge in [0.15, 0.2) is 0 Å². The summed E-state index contributed by atoms with van der Waals surface area (Å²) in [6.45, 7) is 2.07. The molecule has 1 heterocycles. The van der Waals surface area contributed by atoms with Crippen LogP contribution >= 0.6 is 10.0 Å². The lowest BCUT2D eigenvalue weighted by atomic mass is 9.97. The Labute approximate surface area is 132 Å². The van der Waals surface area contributed by atoms with Gasteiger partial charge in [0.2, 0.25) is 0 Å². The molecule has 1 unspecified atom stereocenters. The molecule has 0 aromatic heterocycles. The average molecular weight is 314 g/mol. The van der Waals surface area contributed by atoms with Gasteiger partial charge in [-0.1, -0.05) is 49.4 Å². The van der Waals surface area contributed by atoms with Crippen LogP contribution in [0.25, 0.3) is 11.1 Å². The van der Waals surface area contributed by atoms with E-state index in [2.05, 4.69) is 29.6 Å². The van der Waals surface area contributed by atoms with Gasteiger partial charge < -0.3 is 0 Å². The van der Waals surface area contributed by atoms with Crippen molar-refractivity contribution in [1.29, 1.82) is 0 Å². The third kappa shape index (κ3) is 2.71. The van der Waals surface area contributed by atoms with E-state index in [1.807, 2.05) is 48.0 Å². The summed E-state index contributed by atoms with van der Waals surface area (Å²) >= 11 is 0.